The fraction of sp³-hybridized carbons (Fsp3) is 1.00. The highest BCUT2D eigenvalue weighted by molar-refractivity contribution is 4.59. The predicted octanol–water partition coefficient (Wildman–Crippen LogP) is 1.05. The van der Waals surface area contributed by atoms with Crippen LogP contribution in [-0.2, 0) is 4.74 Å². The molecule has 1 aliphatic rings. The minimum absolute atomic E-state index is 0.883. The molecule has 14 heavy (non-hydrogen) atoms. The first-order chi connectivity index (χ1) is 6.83. The van der Waals surface area contributed by atoms with E-state index in [1.54, 1.807) is 0 Å². The molecule has 3 nitrogen and oxygen atoms in total. The van der Waals surface area contributed by atoms with Crippen molar-refractivity contribution in [1.29, 1.82) is 0 Å². The standard InChI is InChI=1S/C11H24N2O/c1-3-13-7-5-4-6-12(2)8-10-14-11-9-13/h3-11H2,1-2H3. The fourth-order valence-corrected chi connectivity index (χ4v) is 1.77. The van der Waals surface area contributed by atoms with Crippen LogP contribution in [0.3, 0.4) is 0 Å². The Kier molecular flexibility index (Phi) is 6.15. The van der Waals surface area contributed by atoms with E-state index in [-0.39, 0.29) is 0 Å². The molecule has 0 unspecified atom stereocenters. The lowest BCUT2D eigenvalue weighted by atomic mass is 10.2. The van der Waals surface area contributed by atoms with Gasteiger partial charge in [0, 0.05) is 13.1 Å². The Bertz CT molecular complexity index is 141. The summed E-state index contributed by atoms with van der Waals surface area (Å²) in [5.41, 5.74) is 0. The van der Waals surface area contributed by atoms with Crippen molar-refractivity contribution in [2.24, 2.45) is 0 Å². The molecule has 0 aromatic rings. The summed E-state index contributed by atoms with van der Waals surface area (Å²) >= 11 is 0. The number of hydrogen-bond donors (Lipinski definition) is 0. The number of nitrogens with zero attached hydrogens (tertiary/aromatic N) is 2. The molecule has 1 saturated heterocycles. The summed E-state index contributed by atoms with van der Waals surface area (Å²) in [7, 11) is 2.18. The number of ether oxygens (including phenoxy) is 1. The van der Waals surface area contributed by atoms with Gasteiger partial charge in [0.05, 0.1) is 13.2 Å². The number of likely N-dealkylation sites (N-methyl/N-ethyl adjacent to an activating group) is 2. The Morgan fingerprint density at radius 2 is 1.71 bits per heavy atom. The average molecular weight is 200 g/mol. The van der Waals surface area contributed by atoms with Gasteiger partial charge in [0.15, 0.2) is 0 Å². The van der Waals surface area contributed by atoms with E-state index < -0.39 is 0 Å². The molecule has 1 rings (SSSR count). The minimum atomic E-state index is 0.883. The summed E-state index contributed by atoms with van der Waals surface area (Å²) in [4.78, 5) is 4.84. The van der Waals surface area contributed by atoms with Crippen LogP contribution < -0.4 is 0 Å². The van der Waals surface area contributed by atoms with Crippen molar-refractivity contribution in [3.05, 3.63) is 0 Å². The zero-order chi connectivity index (χ0) is 10.2. The Labute approximate surface area is 88.0 Å². The maximum Gasteiger partial charge on any atom is 0.0594 e. The number of hydrogen-bond acceptors (Lipinski definition) is 3. The molecule has 84 valence electrons. The van der Waals surface area contributed by atoms with Crippen LogP contribution in [0.5, 0.6) is 0 Å². The highest BCUT2D eigenvalue weighted by Crippen LogP contribution is 1.99. The SMILES string of the molecule is CCN1CCCCN(C)CCOCC1. The smallest absolute Gasteiger partial charge is 0.0594 e. The van der Waals surface area contributed by atoms with Crippen LogP contribution >= 0.6 is 0 Å². The summed E-state index contributed by atoms with van der Waals surface area (Å²) in [6, 6.07) is 0. The zero-order valence-electron chi connectivity index (χ0n) is 9.67. The molecule has 0 saturated carbocycles. The van der Waals surface area contributed by atoms with Gasteiger partial charge in [-0.3, -0.25) is 0 Å². The first-order valence-corrected chi connectivity index (χ1v) is 5.81. The van der Waals surface area contributed by atoms with Gasteiger partial charge in [0.2, 0.25) is 0 Å². The van der Waals surface area contributed by atoms with Crippen molar-refractivity contribution in [1.82, 2.24) is 9.80 Å². The second kappa shape index (κ2) is 7.21. The van der Waals surface area contributed by atoms with Gasteiger partial charge in [0.1, 0.15) is 0 Å². The topological polar surface area (TPSA) is 15.7 Å². The normalized spacial score (nSPS) is 24.4. The first kappa shape index (κ1) is 12.0. The maximum absolute atomic E-state index is 5.58. The van der Waals surface area contributed by atoms with E-state index in [1.165, 1.54) is 25.9 Å². The van der Waals surface area contributed by atoms with Gasteiger partial charge in [-0.05, 0) is 39.5 Å². The van der Waals surface area contributed by atoms with Gasteiger partial charge < -0.3 is 14.5 Å². The van der Waals surface area contributed by atoms with Gasteiger partial charge in [-0.15, -0.1) is 0 Å². The Morgan fingerprint density at radius 3 is 2.50 bits per heavy atom. The lowest BCUT2D eigenvalue weighted by molar-refractivity contribution is 0.0946. The monoisotopic (exact) mass is 200 g/mol. The van der Waals surface area contributed by atoms with Gasteiger partial charge in [0.25, 0.3) is 0 Å². The molecule has 0 bridgehead atoms. The Morgan fingerprint density at radius 1 is 1.00 bits per heavy atom. The summed E-state index contributed by atoms with van der Waals surface area (Å²) in [5.74, 6) is 0. The van der Waals surface area contributed by atoms with E-state index in [9.17, 15) is 0 Å². The van der Waals surface area contributed by atoms with Crippen molar-refractivity contribution in [2.75, 3.05) is 53.0 Å². The van der Waals surface area contributed by atoms with E-state index in [0.717, 1.165) is 32.8 Å². The highest BCUT2D eigenvalue weighted by Gasteiger charge is 2.05. The van der Waals surface area contributed by atoms with E-state index >= 15 is 0 Å². The largest absolute Gasteiger partial charge is 0.379 e. The minimum Gasteiger partial charge on any atom is -0.379 e. The predicted molar refractivity (Wildman–Crippen MR) is 59.7 cm³/mol. The van der Waals surface area contributed by atoms with E-state index in [2.05, 4.69) is 23.8 Å². The molecule has 0 aromatic heterocycles. The molecular formula is C11H24N2O. The zero-order valence-corrected chi connectivity index (χ0v) is 9.67. The second-order valence-corrected chi connectivity index (χ2v) is 4.06. The van der Waals surface area contributed by atoms with Crippen molar-refractivity contribution < 1.29 is 4.74 Å². The average Bonchev–Trinajstić information content (AvgIpc) is 2.23. The molecule has 1 heterocycles. The van der Waals surface area contributed by atoms with E-state index in [4.69, 9.17) is 4.74 Å². The summed E-state index contributed by atoms with van der Waals surface area (Å²) in [6.45, 7) is 9.77. The van der Waals surface area contributed by atoms with E-state index in [1.807, 2.05) is 0 Å². The van der Waals surface area contributed by atoms with Crippen LogP contribution in [0, 0.1) is 0 Å². The molecule has 1 fully saturated rings. The molecule has 1 aliphatic heterocycles. The molecule has 0 amide bonds. The molecule has 0 N–H and O–H groups in total. The highest BCUT2D eigenvalue weighted by atomic mass is 16.5. The number of rotatable bonds is 1. The van der Waals surface area contributed by atoms with Gasteiger partial charge in [-0.2, -0.15) is 0 Å². The summed E-state index contributed by atoms with van der Waals surface area (Å²) in [5, 5.41) is 0. The third-order valence-corrected chi connectivity index (χ3v) is 2.88. The molecule has 0 aromatic carbocycles. The van der Waals surface area contributed by atoms with Crippen molar-refractivity contribution >= 4 is 0 Å². The molecule has 0 atom stereocenters. The maximum atomic E-state index is 5.58. The van der Waals surface area contributed by atoms with Crippen LogP contribution in [-0.4, -0.2) is 62.8 Å². The molecule has 3 heteroatoms. The van der Waals surface area contributed by atoms with Crippen LogP contribution in [0.1, 0.15) is 19.8 Å². The Hall–Kier alpha value is -0.120. The first-order valence-electron chi connectivity index (χ1n) is 5.81. The molecular weight excluding hydrogens is 176 g/mol. The summed E-state index contributed by atoms with van der Waals surface area (Å²) in [6.07, 6.45) is 2.63. The van der Waals surface area contributed by atoms with Crippen LogP contribution in [0.15, 0.2) is 0 Å². The fourth-order valence-electron chi connectivity index (χ4n) is 1.77. The van der Waals surface area contributed by atoms with Crippen LogP contribution in [0.4, 0.5) is 0 Å². The van der Waals surface area contributed by atoms with Crippen LogP contribution in [0.2, 0.25) is 0 Å². The lowest BCUT2D eigenvalue weighted by Gasteiger charge is -2.19. The van der Waals surface area contributed by atoms with E-state index in [0.29, 0.717) is 0 Å². The molecule has 0 spiro atoms. The molecule has 0 radical (unpaired) electrons. The second-order valence-electron chi connectivity index (χ2n) is 4.06. The van der Waals surface area contributed by atoms with Crippen molar-refractivity contribution in [2.45, 2.75) is 19.8 Å². The van der Waals surface area contributed by atoms with Gasteiger partial charge in [-0.1, -0.05) is 6.92 Å². The Balaban J connectivity index is 2.26. The third-order valence-electron chi connectivity index (χ3n) is 2.88. The quantitative estimate of drug-likeness (QED) is 0.629. The lowest BCUT2D eigenvalue weighted by Crippen LogP contribution is -2.28. The van der Waals surface area contributed by atoms with Crippen molar-refractivity contribution in [3.8, 4) is 0 Å². The van der Waals surface area contributed by atoms with Crippen LogP contribution in [0.25, 0.3) is 0 Å². The third kappa shape index (κ3) is 4.94. The van der Waals surface area contributed by atoms with Crippen molar-refractivity contribution in [3.63, 3.8) is 0 Å². The van der Waals surface area contributed by atoms with Gasteiger partial charge >= 0.3 is 0 Å². The van der Waals surface area contributed by atoms with Gasteiger partial charge in [-0.25, -0.2) is 0 Å². The summed E-state index contributed by atoms with van der Waals surface area (Å²) < 4.78 is 5.58. The molecule has 0 aliphatic carbocycles.